The average Bonchev–Trinajstić information content (AvgIpc) is 2.39. The Labute approximate surface area is 103 Å². The van der Waals surface area contributed by atoms with Gasteiger partial charge in [-0.05, 0) is 23.5 Å². The van der Waals surface area contributed by atoms with Crippen LogP contribution in [0.15, 0.2) is 48.5 Å². The van der Waals surface area contributed by atoms with E-state index in [4.69, 9.17) is 5.73 Å². The van der Waals surface area contributed by atoms with Gasteiger partial charge in [0.2, 0.25) is 0 Å². The third-order valence-corrected chi connectivity index (χ3v) is 3.37. The minimum absolute atomic E-state index is 0.513. The average molecular weight is 225 g/mol. The summed E-state index contributed by atoms with van der Waals surface area (Å²) in [5.74, 6) is 0.513. The van der Waals surface area contributed by atoms with Gasteiger partial charge in [-0.3, -0.25) is 0 Å². The van der Waals surface area contributed by atoms with E-state index in [9.17, 15) is 0 Å². The molecule has 2 N–H and O–H groups in total. The van der Waals surface area contributed by atoms with Crippen molar-refractivity contribution < 1.29 is 0 Å². The van der Waals surface area contributed by atoms with E-state index in [0.29, 0.717) is 5.92 Å². The molecule has 0 saturated heterocycles. The molecule has 0 bridgehead atoms. The lowest BCUT2D eigenvalue weighted by Gasteiger charge is -2.15. The highest BCUT2D eigenvalue weighted by molar-refractivity contribution is 5.78. The van der Waals surface area contributed by atoms with Crippen molar-refractivity contribution in [2.24, 2.45) is 0 Å². The minimum atomic E-state index is 0.513. The van der Waals surface area contributed by atoms with Gasteiger partial charge < -0.3 is 5.73 Å². The summed E-state index contributed by atoms with van der Waals surface area (Å²) in [5.41, 5.74) is 10.8. The van der Waals surface area contributed by atoms with Gasteiger partial charge in [-0.2, -0.15) is 0 Å². The van der Waals surface area contributed by atoms with Crippen molar-refractivity contribution in [3.05, 3.63) is 54.1 Å². The van der Waals surface area contributed by atoms with E-state index >= 15 is 0 Å². The zero-order chi connectivity index (χ0) is 12.3. The van der Waals surface area contributed by atoms with E-state index in [1.54, 1.807) is 0 Å². The molecule has 0 amide bonds. The van der Waals surface area contributed by atoms with Crippen LogP contribution in [0.3, 0.4) is 0 Å². The lowest BCUT2D eigenvalue weighted by atomic mass is 9.92. The maximum absolute atomic E-state index is 6.29. The van der Waals surface area contributed by atoms with Crippen LogP contribution in [0.5, 0.6) is 0 Å². The maximum atomic E-state index is 6.29. The molecule has 2 aromatic carbocycles. The van der Waals surface area contributed by atoms with Gasteiger partial charge in [0.15, 0.2) is 0 Å². The Bertz CT molecular complexity index is 488. The van der Waals surface area contributed by atoms with Gasteiger partial charge in [0.25, 0.3) is 0 Å². The Morgan fingerprint density at radius 1 is 1.00 bits per heavy atom. The molecular weight excluding hydrogens is 206 g/mol. The second kappa shape index (κ2) is 5.05. The van der Waals surface area contributed by atoms with Crippen LogP contribution < -0.4 is 5.73 Å². The first-order chi connectivity index (χ1) is 8.24. The van der Waals surface area contributed by atoms with Crippen molar-refractivity contribution in [2.75, 3.05) is 5.73 Å². The largest absolute Gasteiger partial charge is 0.398 e. The molecule has 1 heteroatoms. The minimum Gasteiger partial charge on any atom is -0.398 e. The van der Waals surface area contributed by atoms with Crippen LogP contribution in [0, 0.1) is 0 Å². The zero-order valence-electron chi connectivity index (χ0n) is 10.5. The number of hydrogen-bond acceptors (Lipinski definition) is 1. The summed E-state index contributed by atoms with van der Waals surface area (Å²) in [4.78, 5) is 0. The molecule has 0 saturated carbocycles. The summed E-state index contributed by atoms with van der Waals surface area (Å²) in [6, 6.07) is 16.7. The Morgan fingerprint density at radius 2 is 1.71 bits per heavy atom. The Balaban J connectivity index is 2.50. The second-order valence-electron chi connectivity index (χ2n) is 4.48. The van der Waals surface area contributed by atoms with Crippen LogP contribution >= 0.6 is 0 Å². The number of nitrogen functional groups attached to an aromatic ring is 1. The lowest BCUT2D eigenvalue weighted by Crippen LogP contribution is -2.00. The number of benzene rings is 2. The first-order valence-corrected chi connectivity index (χ1v) is 6.17. The van der Waals surface area contributed by atoms with Crippen molar-refractivity contribution in [1.29, 1.82) is 0 Å². The molecule has 1 nitrogen and oxygen atoms in total. The van der Waals surface area contributed by atoms with Crippen LogP contribution in [-0.4, -0.2) is 0 Å². The number of rotatable bonds is 3. The van der Waals surface area contributed by atoms with Gasteiger partial charge in [-0.15, -0.1) is 0 Å². The predicted octanol–water partition coefficient (Wildman–Crippen LogP) is 4.45. The Hall–Kier alpha value is -1.76. The summed E-state index contributed by atoms with van der Waals surface area (Å²) in [6.45, 7) is 4.42. The maximum Gasteiger partial charge on any atom is 0.0429 e. The Morgan fingerprint density at radius 3 is 2.35 bits per heavy atom. The highest BCUT2D eigenvalue weighted by Gasteiger charge is 2.10. The van der Waals surface area contributed by atoms with Gasteiger partial charge >= 0.3 is 0 Å². The molecule has 0 aromatic heterocycles. The molecule has 17 heavy (non-hydrogen) atoms. The van der Waals surface area contributed by atoms with E-state index in [1.807, 2.05) is 18.2 Å². The van der Waals surface area contributed by atoms with Crippen molar-refractivity contribution >= 4 is 5.69 Å². The topological polar surface area (TPSA) is 26.0 Å². The molecule has 2 aromatic rings. The van der Waals surface area contributed by atoms with Crippen LogP contribution in [0.1, 0.15) is 31.7 Å². The third-order valence-electron chi connectivity index (χ3n) is 3.37. The molecule has 88 valence electrons. The molecule has 0 radical (unpaired) electrons. The molecule has 1 atom stereocenters. The zero-order valence-corrected chi connectivity index (χ0v) is 10.5. The summed E-state index contributed by atoms with van der Waals surface area (Å²) in [6.07, 6.45) is 1.11. The molecule has 0 aliphatic rings. The van der Waals surface area contributed by atoms with Gasteiger partial charge in [0.05, 0.1) is 0 Å². The lowest BCUT2D eigenvalue weighted by molar-refractivity contribution is 0.736. The van der Waals surface area contributed by atoms with Gasteiger partial charge in [0, 0.05) is 11.3 Å². The van der Waals surface area contributed by atoms with Crippen molar-refractivity contribution in [1.82, 2.24) is 0 Å². The first-order valence-electron chi connectivity index (χ1n) is 6.17. The quantitative estimate of drug-likeness (QED) is 0.767. The highest BCUT2D eigenvalue weighted by atomic mass is 14.6. The monoisotopic (exact) mass is 225 g/mol. The third kappa shape index (κ3) is 2.33. The first kappa shape index (κ1) is 11.7. The molecule has 0 spiro atoms. The SMILES string of the molecule is CCC(C)c1cccc(-c2ccccc2)c1N. The van der Waals surface area contributed by atoms with E-state index in [1.165, 1.54) is 11.1 Å². The Kier molecular flexibility index (Phi) is 3.48. The fourth-order valence-corrected chi connectivity index (χ4v) is 2.10. The molecular formula is C16H19N. The van der Waals surface area contributed by atoms with Gasteiger partial charge in [-0.1, -0.05) is 62.4 Å². The fourth-order valence-electron chi connectivity index (χ4n) is 2.10. The van der Waals surface area contributed by atoms with Crippen LogP contribution in [-0.2, 0) is 0 Å². The van der Waals surface area contributed by atoms with E-state index in [0.717, 1.165) is 17.7 Å². The van der Waals surface area contributed by atoms with E-state index in [2.05, 4.69) is 44.2 Å². The van der Waals surface area contributed by atoms with Crippen LogP contribution in [0.25, 0.3) is 11.1 Å². The number of hydrogen-bond donors (Lipinski definition) is 1. The summed E-state index contributed by atoms with van der Waals surface area (Å²) in [5, 5.41) is 0. The van der Waals surface area contributed by atoms with Crippen LogP contribution in [0.2, 0.25) is 0 Å². The van der Waals surface area contributed by atoms with E-state index in [-0.39, 0.29) is 0 Å². The van der Waals surface area contributed by atoms with Gasteiger partial charge in [0.1, 0.15) is 0 Å². The summed E-state index contributed by atoms with van der Waals surface area (Å²) >= 11 is 0. The number of para-hydroxylation sites is 1. The highest BCUT2D eigenvalue weighted by Crippen LogP contribution is 2.33. The molecule has 0 heterocycles. The van der Waals surface area contributed by atoms with Crippen LogP contribution in [0.4, 0.5) is 5.69 Å². The molecule has 1 unspecified atom stereocenters. The van der Waals surface area contributed by atoms with Crippen molar-refractivity contribution in [3.63, 3.8) is 0 Å². The second-order valence-corrected chi connectivity index (χ2v) is 4.48. The summed E-state index contributed by atoms with van der Waals surface area (Å²) < 4.78 is 0. The van der Waals surface area contributed by atoms with E-state index < -0.39 is 0 Å². The fraction of sp³-hybridized carbons (Fsp3) is 0.250. The number of nitrogens with two attached hydrogens (primary N) is 1. The summed E-state index contributed by atoms with van der Waals surface area (Å²) in [7, 11) is 0. The molecule has 0 aliphatic carbocycles. The standard InChI is InChI=1S/C16H19N/c1-3-12(2)14-10-7-11-15(16(14)17)13-8-5-4-6-9-13/h4-12H,3,17H2,1-2H3. The smallest absolute Gasteiger partial charge is 0.0429 e. The molecule has 0 aliphatic heterocycles. The normalized spacial score (nSPS) is 12.4. The number of anilines is 1. The van der Waals surface area contributed by atoms with Crippen molar-refractivity contribution in [3.8, 4) is 11.1 Å². The van der Waals surface area contributed by atoms with Gasteiger partial charge in [-0.25, -0.2) is 0 Å². The van der Waals surface area contributed by atoms with Crippen molar-refractivity contribution in [2.45, 2.75) is 26.2 Å². The molecule has 2 rings (SSSR count). The molecule has 0 fully saturated rings. The predicted molar refractivity (Wildman–Crippen MR) is 75.0 cm³/mol.